The number of hydrogen-bond donors (Lipinski definition) is 1. The van der Waals surface area contributed by atoms with E-state index in [4.69, 9.17) is 4.74 Å². The molecule has 0 aliphatic heterocycles. The van der Waals surface area contributed by atoms with E-state index in [-0.39, 0.29) is 24.0 Å². The molecule has 23 heavy (non-hydrogen) atoms. The first-order valence-corrected chi connectivity index (χ1v) is 7.79. The molecule has 0 unspecified atom stereocenters. The number of benzene rings is 1. The Balaban J connectivity index is 2.26. The van der Waals surface area contributed by atoms with Crippen molar-refractivity contribution in [3.8, 4) is 5.75 Å². The van der Waals surface area contributed by atoms with Gasteiger partial charge in [-0.25, -0.2) is 4.79 Å². The Morgan fingerprint density at radius 1 is 1.35 bits per heavy atom. The van der Waals surface area contributed by atoms with Crippen LogP contribution in [0.2, 0.25) is 0 Å². The minimum Gasteiger partial charge on any atom is -0.506 e. The zero-order chi connectivity index (χ0) is 16.4. The third kappa shape index (κ3) is 2.63. The smallest absolute Gasteiger partial charge is 0.347 e. The maximum atomic E-state index is 12.9. The molecule has 0 spiro atoms. The highest BCUT2D eigenvalue weighted by molar-refractivity contribution is 5.99. The standard InChI is InChI=1S/C18H19NO4/c1-2-11-23-18(22)15-16(20)13-9-5-6-10-14(13)19(17(15)21)12-7-3-4-8-12/h2,5-6,9-10,12,20H,1,3-4,7-8,11H2. The van der Waals surface area contributed by atoms with Crippen LogP contribution in [0.4, 0.5) is 0 Å². The summed E-state index contributed by atoms with van der Waals surface area (Å²) in [5.41, 5.74) is -0.123. The maximum absolute atomic E-state index is 12.9. The fraction of sp³-hybridized carbons (Fsp3) is 0.333. The maximum Gasteiger partial charge on any atom is 0.347 e. The summed E-state index contributed by atoms with van der Waals surface area (Å²) < 4.78 is 6.62. The van der Waals surface area contributed by atoms with Gasteiger partial charge in [-0.3, -0.25) is 4.79 Å². The number of para-hydroxylation sites is 1. The second-order valence-electron chi connectivity index (χ2n) is 5.74. The Morgan fingerprint density at radius 2 is 2.04 bits per heavy atom. The van der Waals surface area contributed by atoms with Crippen LogP contribution < -0.4 is 5.56 Å². The van der Waals surface area contributed by atoms with Crippen LogP contribution >= 0.6 is 0 Å². The van der Waals surface area contributed by atoms with Gasteiger partial charge in [-0.05, 0) is 25.0 Å². The Hall–Kier alpha value is -2.56. The van der Waals surface area contributed by atoms with Gasteiger partial charge in [0.15, 0.2) is 5.56 Å². The molecule has 2 aromatic rings. The van der Waals surface area contributed by atoms with Gasteiger partial charge in [0.05, 0.1) is 5.52 Å². The summed E-state index contributed by atoms with van der Waals surface area (Å²) in [7, 11) is 0. The molecule has 1 aromatic heterocycles. The Morgan fingerprint density at radius 3 is 2.74 bits per heavy atom. The second-order valence-corrected chi connectivity index (χ2v) is 5.74. The van der Waals surface area contributed by atoms with Crippen LogP contribution in [0.5, 0.6) is 5.75 Å². The Bertz CT molecular complexity index is 816. The zero-order valence-corrected chi connectivity index (χ0v) is 12.8. The summed E-state index contributed by atoms with van der Waals surface area (Å²) >= 11 is 0. The summed E-state index contributed by atoms with van der Waals surface area (Å²) in [6.45, 7) is 3.47. The molecule has 5 heteroatoms. The predicted molar refractivity (Wildman–Crippen MR) is 87.9 cm³/mol. The van der Waals surface area contributed by atoms with Gasteiger partial charge >= 0.3 is 5.97 Å². The molecule has 1 aliphatic carbocycles. The van der Waals surface area contributed by atoms with Crippen molar-refractivity contribution in [1.82, 2.24) is 4.57 Å². The number of ether oxygens (including phenoxy) is 1. The number of esters is 1. The molecule has 0 amide bonds. The van der Waals surface area contributed by atoms with Gasteiger partial charge in [0.25, 0.3) is 5.56 Å². The highest BCUT2D eigenvalue weighted by Gasteiger charge is 2.27. The largest absolute Gasteiger partial charge is 0.506 e. The molecule has 1 saturated carbocycles. The molecular weight excluding hydrogens is 294 g/mol. The third-order valence-electron chi connectivity index (χ3n) is 4.31. The lowest BCUT2D eigenvalue weighted by molar-refractivity contribution is 0.0543. The van der Waals surface area contributed by atoms with E-state index in [1.54, 1.807) is 22.8 Å². The number of pyridine rings is 1. The summed E-state index contributed by atoms with van der Waals surface area (Å²) in [4.78, 5) is 25.1. The minimum absolute atomic E-state index is 0.00598. The Labute approximate surface area is 133 Å². The summed E-state index contributed by atoms with van der Waals surface area (Å²) in [5, 5.41) is 10.9. The van der Waals surface area contributed by atoms with E-state index in [1.807, 2.05) is 6.07 Å². The fourth-order valence-electron chi connectivity index (χ4n) is 3.27. The van der Waals surface area contributed by atoms with Crippen molar-refractivity contribution >= 4 is 16.9 Å². The van der Waals surface area contributed by atoms with Gasteiger partial charge in [-0.15, -0.1) is 0 Å². The molecule has 5 nitrogen and oxygen atoms in total. The SMILES string of the molecule is C=CCOC(=O)c1c(O)c2ccccc2n(C2CCCC2)c1=O. The molecule has 120 valence electrons. The number of carbonyl (C=O) groups is 1. The molecule has 0 saturated heterocycles. The van der Waals surface area contributed by atoms with Crippen LogP contribution in [0, 0.1) is 0 Å². The Kier molecular flexibility index (Phi) is 4.19. The number of rotatable bonds is 4. The van der Waals surface area contributed by atoms with Gasteiger partial charge in [-0.1, -0.05) is 37.6 Å². The van der Waals surface area contributed by atoms with Crippen LogP contribution in [0.25, 0.3) is 10.9 Å². The van der Waals surface area contributed by atoms with Crippen molar-refractivity contribution in [2.45, 2.75) is 31.7 Å². The topological polar surface area (TPSA) is 68.5 Å². The van der Waals surface area contributed by atoms with Crippen LogP contribution in [0.3, 0.4) is 0 Å². The molecule has 1 heterocycles. The van der Waals surface area contributed by atoms with Crippen molar-refractivity contribution in [2.75, 3.05) is 6.61 Å². The first-order valence-electron chi connectivity index (χ1n) is 7.79. The van der Waals surface area contributed by atoms with E-state index >= 15 is 0 Å². The number of fused-ring (bicyclic) bond motifs is 1. The lowest BCUT2D eigenvalue weighted by atomic mass is 10.1. The van der Waals surface area contributed by atoms with E-state index in [0.717, 1.165) is 25.7 Å². The predicted octanol–water partition coefficient (Wildman–Crippen LogP) is 3.17. The normalized spacial score (nSPS) is 15.0. The summed E-state index contributed by atoms with van der Waals surface area (Å²) in [5.74, 6) is -1.13. The molecule has 1 fully saturated rings. The van der Waals surface area contributed by atoms with Crippen molar-refractivity contribution in [3.63, 3.8) is 0 Å². The van der Waals surface area contributed by atoms with Gasteiger partial charge < -0.3 is 14.4 Å². The van der Waals surface area contributed by atoms with E-state index < -0.39 is 11.5 Å². The molecule has 1 aliphatic rings. The van der Waals surface area contributed by atoms with Crippen LogP contribution in [-0.4, -0.2) is 22.2 Å². The van der Waals surface area contributed by atoms with E-state index in [2.05, 4.69) is 6.58 Å². The van der Waals surface area contributed by atoms with Crippen LogP contribution in [0.15, 0.2) is 41.7 Å². The van der Waals surface area contributed by atoms with Gasteiger partial charge in [0.2, 0.25) is 0 Å². The van der Waals surface area contributed by atoms with Gasteiger partial charge in [0.1, 0.15) is 12.4 Å². The molecule has 0 radical (unpaired) electrons. The minimum atomic E-state index is -0.815. The fourth-order valence-corrected chi connectivity index (χ4v) is 3.27. The summed E-state index contributed by atoms with van der Waals surface area (Å²) in [6.07, 6.45) is 5.34. The number of aromatic hydroxyl groups is 1. The average molecular weight is 313 g/mol. The second kappa shape index (κ2) is 6.28. The van der Waals surface area contributed by atoms with Gasteiger partial charge in [0, 0.05) is 11.4 Å². The van der Waals surface area contributed by atoms with E-state index in [1.165, 1.54) is 6.08 Å². The first kappa shape index (κ1) is 15.3. The van der Waals surface area contributed by atoms with Crippen molar-refractivity contribution in [2.24, 2.45) is 0 Å². The molecule has 3 rings (SSSR count). The third-order valence-corrected chi connectivity index (χ3v) is 4.31. The number of nitrogens with zero attached hydrogens (tertiary/aromatic N) is 1. The van der Waals surface area contributed by atoms with Crippen LogP contribution in [-0.2, 0) is 4.74 Å². The van der Waals surface area contributed by atoms with E-state index in [0.29, 0.717) is 10.9 Å². The molecule has 1 N–H and O–H groups in total. The first-order chi connectivity index (χ1) is 11.1. The molecule has 0 bridgehead atoms. The highest BCUT2D eigenvalue weighted by atomic mass is 16.5. The molecule has 0 atom stereocenters. The lowest BCUT2D eigenvalue weighted by Crippen LogP contribution is -2.30. The highest BCUT2D eigenvalue weighted by Crippen LogP contribution is 2.34. The molecule has 1 aromatic carbocycles. The van der Waals surface area contributed by atoms with Crippen molar-refractivity contribution in [3.05, 3.63) is 52.8 Å². The monoisotopic (exact) mass is 313 g/mol. The van der Waals surface area contributed by atoms with E-state index in [9.17, 15) is 14.7 Å². The average Bonchev–Trinajstić information content (AvgIpc) is 3.07. The van der Waals surface area contributed by atoms with Crippen LogP contribution in [0.1, 0.15) is 42.1 Å². The number of aromatic nitrogens is 1. The summed E-state index contributed by atoms with van der Waals surface area (Å²) in [6, 6.07) is 7.15. The zero-order valence-electron chi connectivity index (χ0n) is 12.8. The lowest BCUT2D eigenvalue weighted by Gasteiger charge is -2.19. The van der Waals surface area contributed by atoms with Crippen molar-refractivity contribution in [1.29, 1.82) is 0 Å². The van der Waals surface area contributed by atoms with Crippen molar-refractivity contribution < 1.29 is 14.6 Å². The number of carbonyl (C=O) groups excluding carboxylic acids is 1. The molecular formula is C18H19NO4. The quantitative estimate of drug-likeness (QED) is 0.695. The van der Waals surface area contributed by atoms with Gasteiger partial charge in [-0.2, -0.15) is 0 Å². The number of hydrogen-bond acceptors (Lipinski definition) is 4.